The van der Waals surface area contributed by atoms with Crippen LogP contribution >= 0.6 is 0 Å². The van der Waals surface area contributed by atoms with Crippen molar-refractivity contribution in [1.29, 1.82) is 0 Å². The van der Waals surface area contributed by atoms with E-state index in [2.05, 4.69) is 15.6 Å². The smallest absolute Gasteiger partial charge is 0.237 e. The second-order valence-corrected chi connectivity index (χ2v) is 11.8. The van der Waals surface area contributed by atoms with Crippen LogP contribution < -0.4 is 16.4 Å². The van der Waals surface area contributed by atoms with Gasteiger partial charge in [-0.1, -0.05) is 26.0 Å². The maximum atomic E-state index is 13.3. The molecule has 4 saturated carbocycles. The number of hydrogen-bond donors (Lipinski definition) is 4. The van der Waals surface area contributed by atoms with Gasteiger partial charge in [0.05, 0.1) is 6.04 Å². The zero-order valence-electron chi connectivity index (χ0n) is 20.6. The molecule has 1 aromatic carbocycles. The van der Waals surface area contributed by atoms with Crippen molar-refractivity contribution in [3.8, 4) is 0 Å². The van der Waals surface area contributed by atoms with Crippen LogP contribution in [0.3, 0.4) is 0 Å². The maximum absolute atomic E-state index is 13.3. The number of pyridine rings is 1. The molecule has 35 heavy (non-hydrogen) atoms. The largest absolute Gasteiger partial charge is 0.373 e. The normalized spacial score (nSPS) is 31.1. The van der Waals surface area contributed by atoms with Gasteiger partial charge in [-0.3, -0.25) is 9.78 Å². The molecule has 0 saturated heterocycles. The molecule has 1 heterocycles. The Bertz CT molecular complexity index is 1030. The first kappa shape index (κ1) is 24.2. The fourth-order valence-electron chi connectivity index (χ4n) is 7.41. The first-order valence-corrected chi connectivity index (χ1v) is 12.8. The van der Waals surface area contributed by atoms with Gasteiger partial charge in [-0.2, -0.15) is 0 Å². The Morgan fingerprint density at radius 2 is 1.77 bits per heavy atom. The van der Waals surface area contributed by atoms with Crippen molar-refractivity contribution < 1.29 is 14.3 Å². The number of rotatable bonds is 8. The number of aliphatic hydroxyl groups excluding tert-OH is 1. The minimum absolute atomic E-state index is 0.109. The van der Waals surface area contributed by atoms with E-state index in [1.165, 1.54) is 12.1 Å². The Morgan fingerprint density at radius 3 is 2.40 bits per heavy atom. The third-order valence-electron chi connectivity index (χ3n) is 9.00. The molecule has 4 atom stereocenters. The number of hydrogen-bond acceptors (Lipinski definition) is 5. The average Bonchev–Trinajstić information content (AvgIpc) is 2.82. The molecule has 0 spiro atoms. The highest BCUT2D eigenvalue weighted by molar-refractivity contribution is 5.82. The summed E-state index contributed by atoms with van der Waals surface area (Å²) in [5, 5.41) is 17.6. The zero-order valence-corrected chi connectivity index (χ0v) is 20.6. The number of nitrogens with one attached hydrogen (secondary N) is 2. The minimum atomic E-state index is -0.625. The molecular weight excluding hydrogens is 443 g/mol. The molecule has 4 unspecified atom stereocenters. The molecule has 4 bridgehead atoms. The Hall–Kier alpha value is -2.51. The Balaban J connectivity index is 1.23. The standard InChI is InChI=1S/C28H37FN4O2/c1-27(2,20-3-5-21(29)6-4-20)16-32-25(34)24(30)23-18-11-17-12-19(23)15-28(13-17,14-18)26(35)33-22-7-9-31-10-8-22/h3-10,17-19,23-24,26,35H,11-16,30H2,1-2H3,(H,31,33)(H,32,34). The number of aliphatic hydroxyl groups is 1. The molecule has 7 heteroatoms. The summed E-state index contributed by atoms with van der Waals surface area (Å²) in [6, 6.07) is 9.63. The molecule has 1 aromatic heterocycles. The van der Waals surface area contributed by atoms with Crippen molar-refractivity contribution in [1.82, 2.24) is 10.3 Å². The summed E-state index contributed by atoms with van der Waals surface area (Å²) >= 11 is 0. The predicted octanol–water partition coefficient (Wildman–Crippen LogP) is 3.81. The highest BCUT2D eigenvalue weighted by Crippen LogP contribution is 2.63. The van der Waals surface area contributed by atoms with E-state index in [-0.39, 0.29) is 28.5 Å². The molecule has 188 valence electrons. The van der Waals surface area contributed by atoms with E-state index in [4.69, 9.17) is 5.73 Å². The molecule has 5 N–H and O–H groups in total. The lowest BCUT2D eigenvalue weighted by Gasteiger charge is -2.62. The van der Waals surface area contributed by atoms with Crippen LogP contribution in [0.1, 0.15) is 51.5 Å². The van der Waals surface area contributed by atoms with Crippen molar-refractivity contribution in [2.45, 2.75) is 63.6 Å². The van der Waals surface area contributed by atoms with Crippen LogP contribution in [0.25, 0.3) is 0 Å². The van der Waals surface area contributed by atoms with Gasteiger partial charge in [0.15, 0.2) is 0 Å². The number of benzene rings is 1. The Morgan fingerprint density at radius 1 is 1.14 bits per heavy atom. The van der Waals surface area contributed by atoms with Crippen LogP contribution in [-0.4, -0.2) is 34.8 Å². The monoisotopic (exact) mass is 480 g/mol. The predicted molar refractivity (Wildman–Crippen MR) is 134 cm³/mol. The number of nitrogens with zero attached hydrogens (tertiary/aromatic N) is 1. The van der Waals surface area contributed by atoms with Gasteiger partial charge in [-0.25, -0.2) is 4.39 Å². The summed E-state index contributed by atoms with van der Waals surface area (Å²) in [5.74, 6) is 1.05. The van der Waals surface area contributed by atoms with Gasteiger partial charge in [0.1, 0.15) is 12.0 Å². The van der Waals surface area contributed by atoms with E-state index in [1.807, 2.05) is 26.0 Å². The summed E-state index contributed by atoms with van der Waals surface area (Å²) in [4.78, 5) is 17.2. The van der Waals surface area contributed by atoms with Gasteiger partial charge in [-0.05, 0) is 85.6 Å². The lowest BCUT2D eigenvalue weighted by molar-refractivity contribution is -0.152. The summed E-state index contributed by atoms with van der Waals surface area (Å²) in [6.45, 7) is 4.51. The van der Waals surface area contributed by atoms with Crippen LogP contribution in [0.15, 0.2) is 48.8 Å². The highest BCUT2D eigenvalue weighted by atomic mass is 19.1. The second kappa shape index (κ2) is 9.17. The third kappa shape index (κ3) is 4.68. The van der Waals surface area contributed by atoms with Crippen LogP contribution in [0.2, 0.25) is 0 Å². The molecule has 0 radical (unpaired) electrons. The summed E-state index contributed by atoms with van der Waals surface area (Å²) < 4.78 is 13.3. The first-order chi connectivity index (χ1) is 16.7. The Kier molecular flexibility index (Phi) is 6.34. The molecule has 4 aliphatic carbocycles. The molecule has 6 rings (SSSR count). The highest BCUT2D eigenvalue weighted by Gasteiger charge is 2.59. The molecule has 2 aromatic rings. The van der Waals surface area contributed by atoms with E-state index in [0.29, 0.717) is 24.3 Å². The summed E-state index contributed by atoms with van der Waals surface area (Å²) in [5.41, 5.74) is 7.97. The number of aromatic nitrogens is 1. The number of nitrogens with two attached hydrogens (primary N) is 1. The quantitative estimate of drug-likeness (QED) is 0.431. The van der Waals surface area contributed by atoms with Gasteiger partial charge >= 0.3 is 0 Å². The van der Waals surface area contributed by atoms with Gasteiger partial charge < -0.3 is 21.5 Å². The number of carbonyl (C=O) groups excluding carboxylic acids is 1. The molecule has 1 amide bonds. The van der Waals surface area contributed by atoms with Crippen LogP contribution in [0, 0.1) is 34.9 Å². The molecule has 4 aliphatic rings. The van der Waals surface area contributed by atoms with E-state index < -0.39 is 12.3 Å². The Labute approximate surface area is 206 Å². The van der Waals surface area contributed by atoms with E-state index in [1.54, 1.807) is 24.5 Å². The molecule has 0 aliphatic heterocycles. The van der Waals surface area contributed by atoms with Gasteiger partial charge in [0, 0.05) is 35.5 Å². The van der Waals surface area contributed by atoms with Crippen LogP contribution in [-0.2, 0) is 10.2 Å². The van der Waals surface area contributed by atoms with E-state index >= 15 is 0 Å². The van der Waals surface area contributed by atoms with Crippen LogP contribution in [0.4, 0.5) is 10.1 Å². The SMILES string of the molecule is CC(C)(CNC(=O)C(N)C1C2CC3CC1CC(C(O)Nc1ccncc1)(C3)C2)c1ccc(F)cc1. The van der Waals surface area contributed by atoms with Crippen molar-refractivity contribution in [2.75, 3.05) is 11.9 Å². The number of carbonyl (C=O) groups is 1. The van der Waals surface area contributed by atoms with E-state index in [9.17, 15) is 14.3 Å². The minimum Gasteiger partial charge on any atom is -0.373 e. The molecule has 6 nitrogen and oxygen atoms in total. The second-order valence-electron chi connectivity index (χ2n) is 11.8. The third-order valence-corrected chi connectivity index (χ3v) is 9.00. The van der Waals surface area contributed by atoms with Crippen molar-refractivity contribution >= 4 is 11.6 Å². The fourth-order valence-corrected chi connectivity index (χ4v) is 7.41. The molecular formula is C28H37FN4O2. The van der Waals surface area contributed by atoms with Crippen molar-refractivity contribution in [3.63, 3.8) is 0 Å². The van der Waals surface area contributed by atoms with Crippen molar-refractivity contribution in [3.05, 3.63) is 60.2 Å². The molecule has 4 fully saturated rings. The van der Waals surface area contributed by atoms with Gasteiger partial charge in [0.2, 0.25) is 5.91 Å². The topological polar surface area (TPSA) is 100 Å². The van der Waals surface area contributed by atoms with Crippen molar-refractivity contribution in [2.24, 2.45) is 34.8 Å². The number of amides is 1. The lowest BCUT2D eigenvalue weighted by Crippen LogP contribution is -2.62. The summed E-state index contributed by atoms with van der Waals surface area (Å²) in [6.07, 6.45) is 7.82. The maximum Gasteiger partial charge on any atom is 0.237 e. The van der Waals surface area contributed by atoms with Gasteiger partial charge in [0.25, 0.3) is 0 Å². The number of halogens is 1. The lowest BCUT2D eigenvalue weighted by atomic mass is 9.44. The van der Waals surface area contributed by atoms with E-state index in [0.717, 1.165) is 43.4 Å². The summed E-state index contributed by atoms with van der Waals surface area (Å²) in [7, 11) is 0. The fraction of sp³-hybridized carbons (Fsp3) is 0.571. The van der Waals surface area contributed by atoms with Gasteiger partial charge in [-0.15, -0.1) is 0 Å². The first-order valence-electron chi connectivity index (χ1n) is 12.8. The average molecular weight is 481 g/mol. The number of anilines is 1. The van der Waals surface area contributed by atoms with Crippen LogP contribution in [0.5, 0.6) is 0 Å². The zero-order chi connectivity index (χ0) is 24.8.